The zero-order chi connectivity index (χ0) is 19.0. The molecule has 3 aromatic rings. The SMILES string of the molecule is Cc1nc2ccc(C(=O)N3CCC[C@@H](c4cccc(C(=O)O)c4)C3)cc2s1. The Morgan fingerprint density at radius 3 is 2.85 bits per heavy atom. The Hall–Kier alpha value is -2.73. The van der Waals surface area contributed by atoms with Gasteiger partial charge in [0.15, 0.2) is 0 Å². The lowest BCUT2D eigenvalue weighted by atomic mass is 9.89. The number of aryl methyl sites for hydroxylation is 1. The van der Waals surface area contributed by atoms with Gasteiger partial charge in [0.05, 0.1) is 20.8 Å². The second kappa shape index (κ2) is 7.12. The number of carboxylic acids is 1. The smallest absolute Gasteiger partial charge is 0.335 e. The van der Waals surface area contributed by atoms with Crippen LogP contribution in [0.25, 0.3) is 10.2 Å². The maximum absolute atomic E-state index is 13.0. The minimum atomic E-state index is -0.922. The summed E-state index contributed by atoms with van der Waals surface area (Å²) in [5.41, 5.74) is 2.89. The van der Waals surface area contributed by atoms with Gasteiger partial charge >= 0.3 is 5.97 Å². The fourth-order valence-electron chi connectivity index (χ4n) is 3.71. The van der Waals surface area contributed by atoms with Gasteiger partial charge < -0.3 is 10.0 Å². The van der Waals surface area contributed by atoms with Crippen LogP contribution in [0.1, 0.15) is 50.0 Å². The van der Waals surface area contributed by atoms with Gasteiger partial charge in [0.2, 0.25) is 0 Å². The molecule has 0 bridgehead atoms. The van der Waals surface area contributed by atoms with Crippen molar-refractivity contribution in [3.63, 3.8) is 0 Å². The number of piperidine rings is 1. The lowest BCUT2D eigenvalue weighted by Crippen LogP contribution is -2.39. The van der Waals surface area contributed by atoms with Gasteiger partial charge in [-0.2, -0.15) is 0 Å². The van der Waals surface area contributed by atoms with Crippen molar-refractivity contribution >= 4 is 33.4 Å². The van der Waals surface area contributed by atoms with Crippen LogP contribution < -0.4 is 0 Å². The molecular formula is C21H20N2O3S. The van der Waals surface area contributed by atoms with Gasteiger partial charge in [0.25, 0.3) is 5.91 Å². The molecule has 1 saturated heterocycles. The molecule has 0 radical (unpaired) electrons. The van der Waals surface area contributed by atoms with Crippen LogP contribution in [-0.2, 0) is 0 Å². The second-order valence-corrected chi connectivity index (χ2v) is 8.17. The van der Waals surface area contributed by atoms with E-state index in [9.17, 15) is 14.7 Å². The first-order chi connectivity index (χ1) is 13.0. The normalized spacial score (nSPS) is 17.2. The van der Waals surface area contributed by atoms with E-state index in [1.807, 2.05) is 36.1 Å². The van der Waals surface area contributed by atoms with E-state index in [-0.39, 0.29) is 11.8 Å². The summed E-state index contributed by atoms with van der Waals surface area (Å²) in [6.07, 6.45) is 1.87. The van der Waals surface area contributed by atoms with Gasteiger partial charge in [0, 0.05) is 24.6 Å². The van der Waals surface area contributed by atoms with E-state index in [1.54, 1.807) is 29.5 Å². The van der Waals surface area contributed by atoms with Gasteiger partial charge in [0.1, 0.15) is 0 Å². The Bertz CT molecular complexity index is 1030. The van der Waals surface area contributed by atoms with Crippen LogP contribution >= 0.6 is 11.3 Å². The zero-order valence-corrected chi connectivity index (χ0v) is 15.8. The van der Waals surface area contributed by atoms with Crippen LogP contribution in [0.3, 0.4) is 0 Å². The average molecular weight is 380 g/mol. The first-order valence-electron chi connectivity index (χ1n) is 9.01. The van der Waals surface area contributed by atoms with E-state index < -0.39 is 5.97 Å². The van der Waals surface area contributed by atoms with Crippen molar-refractivity contribution < 1.29 is 14.7 Å². The summed E-state index contributed by atoms with van der Waals surface area (Å²) in [6, 6.07) is 12.7. The van der Waals surface area contributed by atoms with E-state index in [0.29, 0.717) is 17.7 Å². The standard InChI is InChI=1S/C21H20N2O3S/c1-13-22-18-8-7-15(11-19(18)27-13)20(24)23-9-3-6-17(12-23)14-4-2-5-16(10-14)21(25)26/h2,4-5,7-8,10-11,17H,3,6,9,12H2,1H3,(H,25,26)/t17-/m1/s1. The summed E-state index contributed by atoms with van der Waals surface area (Å²) in [6.45, 7) is 3.31. The van der Waals surface area contributed by atoms with Gasteiger partial charge in [-0.25, -0.2) is 9.78 Å². The molecule has 0 saturated carbocycles. The Balaban J connectivity index is 1.55. The largest absolute Gasteiger partial charge is 0.478 e. The summed E-state index contributed by atoms with van der Waals surface area (Å²) in [5, 5.41) is 10.2. The molecule has 5 nitrogen and oxygen atoms in total. The third-order valence-electron chi connectivity index (χ3n) is 5.06. The van der Waals surface area contributed by atoms with Gasteiger partial charge in [-0.3, -0.25) is 4.79 Å². The van der Waals surface area contributed by atoms with Crippen LogP contribution in [0, 0.1) is 6.92 Å². The number of hydrogen-bond acceptors (Lipinski definition) is 4. The molecule has 6 heteroatoms. The van der Waals surface area contributed by atoms with Crippen LogP contribution in [-0.4, -0.2) is 40.0 Å². The monoisotopic (exact) mass is 380 g/mol. The summed E-state index contributed by atoms with van der Waals surface area (Å²) in [5.74, 6) is -0.729. The Morgan fingerprint density at radius 2 is 2.04 bits per heavy atom. The molecule has 1 fully saturated rings. The van der Waals surface area contributed by atoms with Crippen molar-refractivity contribution in [2.75, 3.05) is 13.1 Å². The highest BCUT2D eigenvalue weighted by molar-refractivity contribution is 7.18. The minimum Gasteiger partial charge on any atom is -0.478 e. The molecule has 138 valence electrons. The molecule has 27 heavy (non-hydrogen) atoms. The first-order valence-corrected chi connectivity index (χ1v) is 9.82. The highest BCUT2D eigenvalue weighted by Crippen LogP contribution is 2.29. The molecule has 1 aromatic heterocycles. The Labute approximate surface area is 161 Å². The number of nitrogens with zero attached hydrogens (tertiary/aromatic N) is 2. The number of hydrogen-bond donors (Lipinski definition) is 1. The molecule has 1 amide bonds. The van der Waals surface area contributed by atoms with Crippen LogP contribution in [0.5, 0.6) is 0 Å². The average Bonchev–Trinajstić information content (AvgIpc) is 3.06. The van der Waals surface area contributed by atoms with Gasteiger partial charge in [-0.15, -0.1) is 11.3 Å². The maximum atomic E-state index is 13.0. The van der Waals surface area contributed by atoms with Crippen LogP contribution in [0.15, 0.2) is 42.5 Å². The molecule has 1 atom stereocenters. The molecule has 1 aliphatic rings. The van der Waals surface area contributed by atoms with Crippen molar-refractivity contribution in [1.82, 2.24) is 9.88 Å². The number of amides is 1. The van der Waals surface area contributed by atoms with Crippen LogP contribution in [0.2, 0.25) is 0 Å². The van der Waals surface area contributed by atoms with E-state index in [1.165, 1.54) is 0 Å². The van der Waals surface area contributed by atoms with Crippen molar-refractivity contribution in [2.45, 2.75) is 25.7 Å². The summed E-state index contributed by atoms with van der Waals surface area (Å²) in [4.78, 5) is 30.6. The van der Waals surface area contributed by atoms with Crippen molar-refractivity contribution in [3.05, 3.63) is 64.2 Å². The number of aromatic nitrogens is 1. The van der Waals surface area contributed by atoms with Crippen LogP contribution in [0.4, 0.5) is 0 Å². The van der Waals surface area contributed by atoms with Gasteiger partial charge in [-0.1, -0.05) is 12.1 Å². The summed E-state index contributed by atoms with van der Waals surface area (Å²) in [7, 11) is 0. The fraction of sp³-hybridized carbons (Fsp3) is 0.286. The number of carbonyl (C=O) groups excluding carboxylic acids is 1. The summed E-state index contributed by atoms with van der Waals surface area (Å²) >= 11 is 1.59. The molecule has 2 aromatic carbocycles. The predicted octanol–water partition coefficient (Wildman–Crippen LogP) is 4.32. The number of carboxylic acid groups (broad SMARTS) is 1. The Morgan fingerprint density at radius 1 is 1.19 bits per heavy atom. The highest BCUT2D eigenvalue weighted by Gasteiger charge is 2.26. The van der Waals surface area contributed by atoms with Crippen molar-refractivity contribution in [1.29, 1.82) is 0 Å². The summed E-state index contributed by atoms with van der Waals surface area (Å²) < 4.78 is 1.03. The fourth-order valence-corrected chi connectivity index (χ4v) is 4.58. The number of thiazole rings is 1. The topological polar surface area (TPSA) is 70.5 Å². The molecule has 4 rings (SSSR count). The first kappa shape index (κ1) is 17.7. The second-order valence-electron chi connectivity index (χ2n) is 6.94. The van der Waals surface area contributed by atoms with Gasteiger partial charge in [-0.05, 0) is 55.7 Å². The molecule has 0 unspecified atom stereocenters. The molecular weight excluding hydrogens is 360 g/mol. The minimum absolute atomic E-state index is 0.0297. The number of rotatable bonds is 3. The zero-order valence-electron chi connectivity index (χ0n) is 15.0. The third kappa shape index (κ3) is 3.57. The molecule has 0 aliphatic carbocycles. The Kier molecular flexibility index (Phi) is 4.66. The number of benzene rings is 2. The van der Waals surface area contributed by atoms with E-state index in [2.05, 4.69) is 4.98 Å². The predicted molar refractivity (Wildman–Crippen MR) is 106 cm³/mol. The molecule has 0 spiro atoms. The lowest BCUT2D eigenvalue weighted by Gasteiger charge is -2.33. The number of aromatic carboxylic acids is 1. The van der Waals surface area contributed by atoms with Crippen molar-refractivity contribution in [2.24, 2.45) is 0 Å². The van der Waals surface area contributed by atoms with E-state index in [0.717, 1.165) is 40.2 Å². The highest BCUT2D eigenvalue weighted by atomic mass is 32.1. The maximum Gasteiger partial charge on any atom is 0.335 e. The molecule has 1 N–H and O–H groups in total. The quantitative estimate of drug-likeness (QED) is 0.734. The molecule has 2 heterocycles. The number of likely N-dealkylation sites (tertiary alicyclic amines) is 1. The molecule has 1 aliphatic heterocycles. The van der Waals surface area contributed by atoms with Crippen molar-refractivity contribution in [3.8, 4) is 0 Å². The lowest BCUT2D eigenvalue weighted by molar-refractivity contribution is 0.0688. The third-order valence-corrected chi connectivity index (χ3v) is 5.99. The van der Waals surface area contributed by atoms with E-state index >= 15 is 0 Å². The number of carbonyl (C=O) groups is 2. The van der Waals surface area contributed by atoms with E-state index in [4.69, 9.17) is 0 Å². The number of fused-ring (bicyclic) bond motifs is 1.